The summed E-state index contributed by atoms with van der Waals surface area (Å²) >= 11 is 2.80. The van der Waals surface area contributed by atoms with Crippen LogP contribution >= 0.6 is 55.9 Å². The minimum atomic E-state index is -2.17. The highest BCUT2D eigenvalue weighted by Crippen LogP contribution is 2.49. The van der Waals surface area contributed by atoms with E-state index in [-0.39, 0.29) is 83.2 Å². The molecule has 552 valence electrons. The highest BCUT2D eigenvalue weighted by atomic mass is 127. The molecule has 0 aromatic heterocycles. The van der Waals surface area contributed by atoms with Gasteiger partial charge in [0.05, 0.1) is 97.0 Å². The summed E-state index contributed by atoms with van der Waals surface area (Å²) in [5, 5.41) is 75.2. The monoisotopic (exact) mass is 1560 g/mol. The van der Waals surface area contributed by atoms with Crippen molar-refractivity contribution in [2.45, 2.75) is 226 Å². The highest BCUT2D eigenvalue weighted by Gasteiger charge is 2.52. The van der Waals surface area contributed by atoms with E-state index >= 15 is 0 Å². The number of hydrogen-bond acceptors (Lipinski definition) is 29. The number of carbonyl (C=O) groups is 5. The normalized spacial score (nSPS) is 32.7. The van der Waals surface area contributed by atoms with Crippen molar-refractivity contribution in [2.75, 3.05) is 61.0 Å². The Bertz CT molecular complexity index is 3210. The van der Waals surface area contributed by atoms with E-state index < -0.39 is 149 Å². The topological polar surface area (TPSA) is 401 Å². The predicted octanol–water partition coefficient (Wildman–Crippen LogP) is 3.18. The van der Waals surface area contributed by atoms with Crippen molar-refractivity contribution < 1.29 is 116 Å². The largest absolute Gasteiger partial charge is 0.492 e. The van der Waals surface area contributed by atoms with Gasteiger partial charge in [-0.3, -0.25) is 29.3 Å². The lowest BCUT2D eigenvalue weighted by Gasteiger charge is -2.46. The molecule has 99 heavy (non-hydrogen) atoms. The van der Waals surface area contributed by atoms with Crippen LogP contribution in [-0.4, -0.2) is 247 Å². The van der Waals surface area contributed by atoms with E-state index in [2.05, 4.69) is 45.1 Å². The number of likely N-dealkylation sites (N-methyl/N-ethyl adjacent to an activating group) is 1. The van der Waals surface area contributed by atoms with Gasteiger partial charge in [-0.2, -0.15) is 5.48 Å². The lowest BCUT2D eigenvalue weighted by molar-refractivity contribution is -0.336. The number of nitrogens with one attached hydrogen (secondary N) is 4. The van der Waals surface area contributed by atoms with E-state index in [0.29, 0.717) is 47.9 Å². The van der Waals surface area contributed by atoms with Gasteiger partial charge in [0.25, 0.3) is 0 Å². The number of aliphatic hydroxyl groups is 5. The van der Waals surface area contributed by atoms with Crippen molar-refractivity contribution >= 4 is 84.8 Å². The van der Waals surface area contributed by atoms with Gasteiger partial charge in [0.15, 0.2) is 41.8 Å². The van der Waals surface area contributed by atoms with Crippen LogP contribution in [0.3, 0.4) is 0 Å². The number of Topliss-reactive ketones (excluding diaryl/α,β-unsaturated/α-hetero) is 1. The zero-order valence-electron chi connectivity index (χ0n) is 57.4. The molecule has 4 heterocycles. The molecule has 0 spiro atoms. The third kappa shape index (κ3) is 21.0. The fourth-order valence-corrected chi connectivity index (χ4v) is 16.2. The van der Waals surface area contributed by atoms with Crippen LogP contribution in [-0.2, 0) is 61.9 Å². The van der Waals surface area contributed by atoms with Gasteiger partial charge in [-0.15, -0.1) is 0 Å². The van der Waals surface area contributed by atoms with Crippen molar-refractivity contribution in [2.24, 2.45) is 5.73 Å². The number of fused-ring (bicyclic) bond motifs is 2. The second-order valence-electron chi connectivity index (χ2n) is 25.0. The summed E-state index contributed by atoms with van der Waals surface area (Å²) in [6.07, 6.45) is -12.6. The zero-order valence-corrected chi connectivity index (χ0v) is 62.0. The number of hydrogen-bond donors (Lipinski definition) is 11. The Hall–Kier alpha value is -4.39. The smallest absolute Gasteiger partial charge is 0.411 e. The number of unbranched alkanes of at least 4 members (excludes halogenated alkanes) is 1. The molecule has 20 atom stereocenters. The molecule has 1 aromatic rings. The van der Waals surface area contributed by atoms with Gasteiger partial charge >= 0.3 is 12.1 Å². The maximum Gasteiger partial charge on any atom is 0.411 e. The van der Waals surface area contributed by atoms with E-state index in [1.54, 1.807) is 40.9 Å². The van der Waals surface area contributed by atoms with Crippen LogP contribution in [0.5, 0.6) is 17.2 Å². The molecule has 4 fully saturated rings. The lowest BCUT2D eigenvalue weighted by atomic mass is 9.75. The molecule has 4 saturated heterocycles. The molecule has 2 aliphatic carbocycles. The van der Waals surface area contributed by atoms with Crippen LogP contribution in [0, 0.1) is 34.2 Å². The van der Waals surface area contributed by atoms with Crippen molar-refractivity contribution in [3.05, 3.63) is 49.8 Å². The molecule has 4 aliphatic heterocycles. The first-order chi connectivity index (χ1) is 47.0. The number of carboxylic acids is 1. The number of nitrogens with two attached hydrogens (primary N) is 1. The van der Waals surface area contributed by atoms with E-state index in [1.165, 1.54) is 55.1 Å². The van der Waals surface area contributed by atoms with Crippen LogP contribution in [0.25, 0.3) is 0 Å². The summed E-state index contributed by atoms with van der Waals surface area (Å²) in [4.78, 5) is 72.1. The summed E-state index contributed by atoms with van der Waals surface area (Å²) in [6.45, 7) is 13.6. The molecule has 0 unspecified atom stereocenters. The summed E-state index contributed by atoms with van der Waals surface area (Å²) < 4.78 is 72.5. The number of benzene rings is 1. The van der Waals surface area contributed by atoms with Crippen molar-refractivity contribution in [1.82, 2.24) is 21.4 Å². The molecule has 33 heteroatoms. The summed E-state index contributed by atoms with van der Waals surface area (Å²) in [5.74, 6) is 9.85. The maximum atomic E-state index is 14.5. The molecule has 2 amide bonds. The molecular formula is C66H94IN5O24S3. The van der Waals surface area contributed by atoms with Gasteiger partial charge in [0.2, 0.25) is 23.1 Å². The number of alkyl carbamates (subject to hydrolysis) is 1. The number of allylic oxidation sites excluding steroid dienone is 3. The SMILES string of the molecule is CCN[C@H]1CO[C@@H](O[C@H]2[C@H](O[C@H]3C#C/C=C\C#C[C@]4(O)CC(=O)C(NC(=O)OC)=C3/C4=C\CSSC(C)(C)CCC(=O)NCCCC[C@H](N)C(=O)O)O[C@H](C)[C@@H](NO[C@H]3C[C@H](O)[C@H](SC(=O)c4c(C)c(I)c(O[C@@H]5O[C@@H](C)[C@H](O)[C@@H](OC)[C@H]5O)c(OC)c4OC)[C@@H](C)O3)[C@@H]2O)C[C@@H]1OC. The standard InChI is InChI=1S/C66H94IN5O24S3/c1-13-69-38-31-89-44(29-42(38)84-8)94-57-52(77)49(72-96-45-28-39(73)59(35(5)90-45)98-61(81)46-32(2)48(67)55(58(87-11)54(46)85-9)95-62-53(78)56(86-10)51(76)34(4)92-62)33(3)91-63(57)93-41-21-16-14-15-18-24-66(83)30-40(74)50(71-64(82)88-12)47(41)36(66)23-27-97-99-65(6,7)25-22-43(75)70-26-19-17-20-37(68)60(79)80/h14-15,23,33-35,37-39,41-42,44-45,49,51-53,56-57,59,62-63,69,72-73,76-78,83H,13,17,19-20,22,25-31,68H2,1-12H3,(H,70,75)(H,71,82)(H,79,80)/b15-14-,36-23+/t33-,34+,35-,37+,38+,39+,41+,42+,44+,45+,49-,51+,52+,53-,56-,57-,59-,62+,63+,66+/m1/s1. The Balaban J connectivity index is 1.10. The Labute approximate surface area is 602 Å². The fourth-order valence-electron chi connectivity index (χ4n) is 12.0. The molecule has 12 N–H and O–H groups in total. The first-order valence-corrected chi connectivity index (χ1v) is 36.8. The van der Waals surface area contributed by atoms with Crippen LogP contribution in [0.2, 0.25) is 0 Å². The van der Waals surface area contributed by atoms with Gasteiger partial charge in [0.1, 0.15) is 42.7 Å². The van der Waals surface area contributed by atoms with Gasteiger partial charge in [-0.25, -0.2) is 4.79 Å². The molecule has 7 rings (SSSR count). The average molecular weight is 1560 g/mol. The predicted molar refractivity (Wildman–Crippen MR) is 372 cm³/mol. The first kappa shape index (κ1) is 81.9. The van der Waals surface area contributed by atoms with Crippen LogP contribution < -0.4 is 41.4 Å². The Morgan fingerprint density at radius 3 is 2.27 bits per heavy atom. The van der Waals surface area contributed by atoms with E-state index in [4.69, 9.17) is 72.5 Å². The van der Waals surface area contributed by atoms with Crippen LogP contribution in [0.1, 0.15) is 109 Å². The summed E-state index contributed by atoms with van der Waals surface area (Å²) in [6, 6.07) is -2.32. The van der Waals surface area contributed by atoms with Crippen molar-refractivity contribution in [3.8, 4) is 40.9 Å². The number of hydroxylamine groups is 1. The lowest BCUT2D eigenvalue weighted by Crippen LogP contribution is -2.65. The molecule has 29 nitrogen and oxygen atoms in total. The zero-order chi connectivity index (χ0) is 72.6. The van der Waals surface area contributed by atoms with Crippen LogP contribution in [0.4, 0.5) is 4.79 Å². The number of aliphatic hydroxyl groups excluding tert-OH is 4. The number of aliphatic carboxylic acids is 1. The second-order valence-corrected chi connectivity index (χ2v) is 30.2. The maximum absolute atomic E-state index is 14.5. The van der Waals surface area contributed by atoms with Crippen molar-refractivity contribution in [1.29, 1.82) is 0 Å². The number of thioether (sulfide) groups is 1. The summed E-state index contributed by atoms with van der Waals surface area (Å²) in [5.41, 5.74) is 6.52. The van der Waals surface area contributed by atoms with E-state index in [1.807, 2.05) is 43.4 Å². The minimum absolute atomic E-state index is 0.00983. The second kappa shape index (κ2) is 37.9. The number of methoxy groups -OCH3 is 5. The molecule has 2 bridgehead atoms. The fraction of sp³-hybridized carbons (Fsp3) is 0.682. The van der Waals surface area contributed by atoms with Gasteiger partial charge in [0, 0.05) is 61.7 Å². The Morgan fingerprint density at radius 2 is 1.61 bits per heavy atom. The average Bonchev–Trinajstić information content (AvgIpc) is 0.760. The molecule has 0 radical (unpaired) electrons. The van der Waals surface area contributed by atoms with Gasteiger partial charge in [-0.05, 0) is 114 Å². The Morgan fingerprint density at radius 1 is 0.889 bits per heavy atom. The minimum Gasteiger partial charge on any atom is -0.492 e. The number of rotatable bonds is 31. The van der Waals surface area contributed by atoms with E-state index in [9.17, 15) is 49.5 Å². The quantitative estimate of drug-likeness (QED) is 0.0167. The number of ether oxygens (including phenoxy) is 12. The third-order valence-corrected chi connectivity index (χ3v) is 23.3. The number of amides is 2. The van der Waals surface area contributed by atoms with Crippen LogP contribution in [0.15, 0.2) is 35.1 Å². The Kier molecular flexibility index (Phi) is 31.3. The van der Waals surface area contributed by atoms with Gasteiger partial charge < -0.3 is 104 Å². The number of carbonyl (C=O) groups excluding carboxylic acids is 4. The summed E-state index contributed by atoms with van der Waals surface area (Å²) in [7, 11) is 9.59. The van der Waals surface area contributed by atoms with Gasteiger partial charge in [-0.1, -0.05) is 70.0 Å². The highest BCUT2D eigenvalue weighted by molar-refractivity contribution is 14.1. The first-order valence-electron chi connectivity index (χ1n) is 32.5. The van der Waals surface area contributed by atoms with E-state index in [0.717, 1.165) is 18.9 Å². The number of halogens is 1. The number of ketones is 1. The third-order valence-electron chi connectivity index (χ3n) is 17.5. The molecule has 1 aromatic carbocycles. The number of carboxylic acid groups (broad SMARTS) is 1. The molecular weight excluding hydrogens is 1470 g/mol. The molecule has 0 saturated carbocycles. The molecule has 6 aliphatic rings. The van der Waals surface area contributed by atoms with Crippen molar-refractivity contribution in [3.63, 3.8) is 0 Å².